The number of hydrogen-bond acceptors (Lipinski definition) is 3. The molecule has 0 spiro atoms. The fourth-order valence-corrected chi connectivity index (χ4v) is 3.35. The highest BCUT2D eigenvalue weighted by Crippen LogP contribution is 2.27. The maximum Gasteiger partial charge on any atom is 0.227 e. The van der Waals surface area contributed by atoms with E-state index in [4.69, 9.17) is 9.47 Å². The lowest BCUT2D eigenvalue weighted by molar-refractivity contribution is -0.138. The molecule has 0 N–H and O–H groups in total. The van der Waals surface area contributed by atoms with Gasteiger partial charge in [-0.05, 0) is 22.8 Å². The van der Waals surface area contributed by atoms with Crippen LogP contribution in [0, 0.1) is 0 Å². The number of amides is 1. The van der Waals surface area contributed by atoms with Crippen LogP contribution in [-0.4, -0.2) is 37.1 Å². The van der Waals surface area contributed by atoms with Crippen molar-refractivity contribution in [1.29, 1.82) is 0 Å². The highest BCUT2D eigenvalue weighted by molar-refractivity contribution is 5.79. The van der Waals surface area contributed by atoms with E-state index in [0.717, 1.165) is 29.9 Å². The third kappa shape index (κ3) is 3.15. The zero-order valence-corrected chi connectivity index (χ0v) is 13.6. The number of fused-ring (bicyclic) bond motifs is 1. The Morgan fingerprint density at radius 2 is 2.00 bits per heavy atom. The van der Waals surface area contributed by atoms with E-state index in [0.29, 0.717) is 26.1 Å². The van der Waals surface area contributed by atoms with Crippen LogP contribution in [0.15, 0.2) is 48.5 Å². The smallest absolute Gasteiger partial charge is 0.227 e. The van der Waals surface area contributed by atoms with Crippen LogP contribution in [0.25, 0.3) is 0 Å². The number of hydrogen-bond donors (Lipinski definition) is 0. The van der Waals surface area contributed by atoms with Gasteiger partial charge in [-0.2, -0.15) is 0 Å². The van der Waals surface area contributed by atoms with Crippen molar-refractivity contribution in [2.75, 3.05) is 26.3 Å². The molecule has 1 amide bonds. The molecular weight excluding hydrogens is 302 g/mol. The van der Waals surface area contributed by atoms with Crippen molar-refractivity contribution in [2.24, 2.45) is 0 Å². The highest BCUT2D eigenvalue weighted by Gasteiger charge is 2.25. The van der Waals surface area contributed by atoms with Gasteiger partial charge < -0.3 is 14.4 Å². The Bertz CT molecular complexity index is 729. The SMILES string of the molecule is O=C(Cc1ccc2c(c1)OCC2)N1CCOC(c2ccccc2)C1. The lowest BCUT2D eigenvalue weighted by Gasteiger charge is -2.33. The van der Waals surface area contributed by atoms with E-state index in [-0.39, 0.29) is 12.0 Å². The summed E-state index contributed by atoms with van der Waals surface area (Å²) in [6, 6.07) is 16.2. The monoisotopic (exact) mass is 323 g/mol. The van der Waals surface area contributed by atoms with Crippen LogP contribution in [-0.2, 0) is 22.4 Å². The van der Waals surface area contributed by atoms with Crippen molar-refractivity contribution < 1.29 is 14.3 Å². The van der Waals surface area contributed by atoms with Crippen LogP contribution >= 0.6 is 0 Å². The lowest BCUT2D eigenvalue weighted by atomic mass is 10.1. The zero-order chi connectivity index (χ0) is 16.4. The molecule has 124 valence electrons. The first-order valence-electron chi connectivity index (χ1n) is 8.48. The number of morpholine rings is 1. The molecule has 1 saturated heterocycles. The number of benzene rings is 2. The van der Waals surface area contributed by atoms with Gasteiger partial charge in [0.15, 0.2) is 0 Å². The molecule has 0 saturated carbocycles. The Balaban J connectivity index is 1.42. The summed E-state index contributed by atoms with van der Waals surface area (Å²) in [5.41, 5.74) is 3.38. The number of ether oxygens (including phenoxy) is 2. The molecule has 24 heavy (non-hydrogen) atoms. The Hall–Kier alpha value is -2.33. The summed E-state index contributed by atoms with van der Waals surface area (Å²) in [5, 5.41) is 0. The van der Waals surface area contributed by atoms with E-state index < -0.39 is 0 Å². The van der Waals surface area contributed by atoms with Crippen molar-refractivity contribution in [3.63, 3.8) is 0 Å². The average molecular weight is 323 g/mol. The molecule has 2 aliphatic rings. The Morgan fingerprint density at radius 1 is 1.12 bits per heavy atom. The van der Waals surface area contributed by atoms with E-state index in [1.807, 2.05) is 35.2 Å². The maximum absolute atomic E-state index is 12.7. The fourth-order valence-electron chi connectivity index (χ4n) is 3.35. The van der Waals surface area contributed by atoms with Gasteiger partial charge in [0.1, 0.15) is 11.9 Å². The first kappa shape index (κ1) is 15.2. The Morgan fingerprint density at radius 3 is 2.88 bits per heavy atom. The third-order valence-electron chi connectivity index (χ3n) is 4.71. The lowest BCUT2D eigenvalue weighted by Crippen LogP contribution is -2.42. The maximum atomic E-state index is 12.7. The molecule has 2 heterocycles. The van der Waals surface area contributed by atoms with Crippen LogP contribution in [0.2, 0.25) is 0 Å². The fraction of sp³-hybridized carbons (Fsp3) is 0.350. The van der Waals surface area contributed by atoms with Gasteiger partial charge >= 0.3 is 0 Å². The summed E-state index contributed by atoms with van der Waals surface area (Å²) in [7, 11) is 0. The molecule has 1 unspecified atom stereocenters. The van der Waals surface area contributed by atoms with Crippen molar-refractivity contribution >= 4 is 5.91 Å². The van der Waals surface area contributed by atoms with Crippen molar-refractivity contribution in [3.05, 3.63) is 65.2 Å². The minimum Gasteiger partial charge on any atom is -0.493 e. The van der Waals surface area contributed by atoms with Gasteiger partial charge in [0.25, 0.3) is 0 Å². The Kier molecular flexibility index (Phi) is 4.22. The van der Waals surface area contributed by atoms with E-state index in [1.165, 1.54) is 5.56 Å². The van der Waals surface area contributed by atoms with Crippen LogP contribution in [0.3, 0.4) is 0 Å². The normalized spacial score (nSPS) is 19.7. The van der Waals surface area contributed by atoms with E-state index in [2.05, 4.69) is 18.2 Å². The van der Waals surface area contributed by atoms with Gasteiger partial charge in [-0.3, -0.25) is 4.79 Å². The van der Waals surface area contributed by atoms with Crippen LogP contribution in [0.4, 0.5) is 0 Å². The Labute approximate surface area is 142 Å². The highest BCUT2D eigenvalue weighted by atomic mass is 16.5. The summed E-state index contributed by atoms with van der Waals surface area (Å²) >= 11 is 0. The van der Waals surface area contributed by atoms with Crippen LogP contribution < -0.4 is 4.74 Å². The van der Waals surface area contributed by atoms with Gasteiger partial charge in [-0.1, -0.05) is 42.5 Å². The number of carbonyl (C=O) groups excluding carboxylic acids is 1. The predicted molar refractivity (Wildman–Crippen MR) is 91.1 cm³/mol. The van der Waals surface area contributed by atoms with Crippen molar-refractivity contribution in [2.45, 2.75) is 18.9 Å². The molecule has 4 rings (SSSR count). The van der Waals surface area contributed by atoms with Gasteiger partial charge in [-0.25, -0.2) is 0 Å². The first-order valence-corrected chi connectivity index (χ1v) is 8.48. The summed E-state index contributed by atoms with van der Waals surface area (Å²) in [6.45, 7) is 2.60. The van der Waals surface area contributed by atoms with E-state index in [9.17, 15) is 4.79 Å². The predicted octanol–water partition coefficient (Wildman–Crippen LogP) is 2.76. The minimum atomic E-state index is -0.0350. The third-order valence-corrected chi connectivity index (χ3v) is 4.71. The molecule has 1 fully saturated rings. The van der Waals surface area contributed by atoms with Gasteiger partial charge in [-0.15, -0.1) is 0 Å². The van der Waals surface area contributed by atoms with Crippen molar-refractivity contribution in [1.82, 2.24) is 4.90 Å². The first-order chi connectivity index (χ1) is 11.8. The molecule has 2 aromatic rings. The summed E-state index contributed by atoms with van der Waals surface area (Å²) in [5.74, 6) is 1.08. The van der Waals surface area contributed by atoms with E-state index in [1.54, 1.807) is 0 Å². The number of rotatable bonds is 3. The minimum absolute atomic E-state index is 0.0350. The second kappa shape index (κ2) is 6.65. The summed E-state index contributed by atoms with van der Waals surface area (Å²) in [4.78, 5) is 14.6. The molecule has 0 aromatic heterocycles. The zero-order valence-electron chi connectivity index (χ0n) is 13.6. The topological polar surface area (TPSA) is 38.8 Å². The largest absolute Gasteiger partial charge is 0.493 e. The molecule has 0 bridgehead atoms. The van der Waals surface area contributed by atoms with Crippen LogP contribution in [0.5, 0.6) is 5.75 Å². The molecule has 0 aliphatic carbocycles. The second-order valence-corrected chi connectivity index (χ2v) is 6.33. The van der Waals surface area contributed by atoms with Gasteiger partial charge in [0, 0.05) is 13.0 Å². The van der Waals surface area contributed by atoms with Crippen molar-refractivity contribution in [3.8, 4) is 5.75 Å². The molecule has 2 aromatic carbocycles. The van der Waals surface area contributed by atoms with Gasteiger partial charge in [0.2, 0.25) is 5.91 Å². The molecule has 0 radical (unpaired) electrons. The number of carbonyl (C=O) groups is 1. The number of nitrogens with zero attached hydrogens (tertiary/aromatic N) is 1. The summed E-state index contributed by atoms with van der Waals surface area (Å²) < 4.78 is 11.4. The van der Waals surface area contributed by atoms with Gasteiger partial charge in [0.05, 0.1) is 26.2 Å². The quantitative estimate of drug-likeness (QED) is 0.872. The molecule has 4 nitrogen and oxygen atoms in total. The molecule has 2 aliphatic heterocycles. The second-order valence-electron chi connectivity index (χ2n) is 6.33. The molecule has 1 atom stereocenters. The summed E-state index contributed by atoms with van der Waals surface area (Å²) in [6.07, 6.45) is 1.34. The van der Waals surface area contributed by atoms with E-state index >= 15 is 0 Å². The molecular formula is C20H21NO3. The molecule has 4 heteroatoms. The standard InChI is InChI=1S/C20H21NO3/c22-20(13-15-6-7-17-8-10-23-18(17)12-15)21-9-11-24-19(14-21)16-4-2-1-3-5-16/h1-7,12,19H,8-11,13-14H2. The van der Waals surface area contributed by atoms with Crippen LogP contribution in [0.1, 0.15) is 22.8 Å². The average Bonchev–Trinajstić information content (AvgIpc) is 3.10.